The fraction of sp³-hybridized carbons (Fsp3) is 0.118. The van der Waals surface area contributed by atoms with E-state index in [1.165, 1.54) is 12.3 Å². The molecule has 2 aromatic rings. The minimum Gasteiger partial charge on any atom is -0.507 e. The Morgan fingerprint density at radius 3 is 2.58 bits per heavy atom. The molecule has 0 aliphatic carbocycles. The lowest BCUT2D eigenvalue weighted by atomic mass is 10.1. The first-order valence-corrected chi connectivity index (χ1v) is 7.86. The molecule has 0 bridgehead atoms. The van der Waals surface area contributed by atoms with E-state index in [1.54, 1.807) is 18.2 Å². The van der Waals surface area contributed by atoms with E-state index in [2.05, 4.69) is 31.8 Å². The molecule has 3 N–H and O–H groups in total. The van der Waals surface area contributed by atoms with Gasteiger partial charge in [0, 0.05) is 15.7 Å². The van der Waals surface area contributed by atoms with Gasteiger partial charge in [0.15, 0.2) is 0 Å². The molecule has 2 amide bonds. The molecule has 124 valence electrons. The van der Waals surface area contributed by atoms with Crippen molar-refractivity contribution >= 4 is 39.6 Å². The van der Waals surface area contributed by atoms with Crippen LogP contribution < -0.4 is 10.7 Å². The zero-order chi connectivity index (χ0) is 17.7. The number of carbonyl (C=O) groups is 2. The Bertz CT molecular complexity index is 819. The Morgan fingerprint density at radius 1 is 1.12 bits per heavy atom. The molecule has 0 saturated heterocycles. The number of benzene rings is 2. The molecule has 7 heteroatoms. The third-order valence-corrected chi connectivity index (χ3v) is 3.69. The molecule has 2 rings (SSSR count). The van der Waals surface area contributed by atoms with Crippen LogP contribution in [-0.4, -0.2) is 23.1 Å². The Hall–Kier alpha value is -2.67. The van der Waals surface area contributed by atoms with Crippen molar-refractivity contribution in [1.82, 2.24) is 5.43 Å². The van der Waals surface area contributed by atoms with Crippen LogP contribution in [0.3, 0.4) is 0 Å². The van der Waals surface area contributed by atoms with Gasteiger partial charge in [0.2, 0.25) is 0 Å². The number of anilines is 1. The first-order chi connectivity index (χ1) is 11.4. The largest absolute Gasteiger partial charge is 0.507 e. The first kappa shape index (κ1) is 17.7. The molecular weight excluding hydrogens is 374 g/mol. The molecule has 0 saturated carbocycles. The van der Waals surface area contributed by atoms with Gasteiger partial charge in [-0.05, 0) is 43.7 Å². The number of phenols is 1. The molecule has 0 aliphatic rings. The topological polar surface area (TPSA) is 90.8 Å². The maximum Gasteiger partial charge on any atom is 0.329 e. The van der Waals surface area contributed by atoms with E-state index >= 15 is 0 Å². The fourth-order valence-corrected chi connectivity index (χ4v) is 2.35. The van der Waals surface area contributed by atoms with E-state index in [-0.39, 0.29) is 5.75 Å². The van der Waals surface area contributed by atoms with Gasteiger partial charge in [-0.3, -0.25) is 9.59 Å². The molecule has 0 aromatic heterocycles. The third kappa shape index (κ3) is 4.66. The highest BCUT2D eigenvalue weighted by Crippen LogP contribution is 2.20. The Morgan fingerprint density at radius 2 is 1.88 bits per heavy atom. The summed E-state index contributed by atoms with van der Waals surface area (Å²) in [5, 5.41) is 15.9. The number of amides is 2. The number of nitrogens with zero attached hydrogens (tertiary/aromatic N) is 1. The second-order valence-corrected chi connectivity index (χ2v) is 6.09. The summed E-state index contributed by atoms with van der Waals surface area (Å²) in [6, 6.07) is 10.3. The Kier molecular flexibility index (Phi) is 5.70. The summed E-state index contributed by atoms with van der Waals surface area (Å²) >= 11 is 3.26. The van der Waals surface area contributed by atoms with Gasteiger partial charge in [0.1, 0.15) is 5.75 Å². The summed E-state index contributed by atoms with van der Waals surface area (Å²) in [6.45, 7) is 3.78. The quantitative estimate of drug-likeness (QED) is 0.428. The number of aryl methyl sites for hydroxylation is 2. The summed E-state index contributed by atoms with van der Waals surface area (Å²) in [5.74, 6) is -1.71. The second-order valence-electron chi connectivity index (χ2n) is 5.17. The number of aromatic hydroxyl groups is 1. The van der Waals surface area contributed by atoms with E-state index < -0.39 is 11.8 Å². The minimum atomic E-state index is -0.902. The van der Waals surface area contributed by atoms with Crippen molar-refractivity contribution in [2.24, 2.45) is 5.10 Å². The van der Waals surface area contributed by atoms with Crippen molar-refractivity contribution in [3.63, 3.8) is 0 Å². The summed E-state index contributed by atoms with van der Waals surface area (Å²) in [6.07, 6.45) is 1.25. The van der Waals surface area contributed by atoms with Crippen molar-refractivity contribution in [2.45, 2.75) is 13.8 Å². The number of hydrazone groups is 1. The number of hydrogen-bond acceptors (Lipinski definition) is 4. The lowest BCUT2D eigenvalue weighted by Gasteiger charge is -2.08. The number of rotatable bonds is 3. The van der Waals surface area contributed by atoms with Crippen molar-refractivity contribution in [3.8, 4) is 5.75 Å². The smallest absolute Gasteiger partial charge is 0.329 e. The average molecular weight is 390 g/mol. The molecule has 0 fully saturated rings. The van der Waals surface area contributed by atoms with Crippen molar-refractivity contribution in [3.05, 3.63) is 57.6 Å². The first-order valence-electron chi connectivity index (χ1n) is 7.07. The third-order valence-electron chi connectivity index (χ3n) is 3.20. The summed E-state index contributed by atoms with van der Waals surface area (Å²) in [5.41, 5.74) is 5.01. The van der Waals surface area contributed by atoms with E-state index in [0.717, 1.165) is 15.6 Å². The van der Waals surface area contributed by atoms with Gasteiger partial charge < -0.3 is 10.4 Å². The van der Waals surface area contributed by atoms with Gasteiger partial charge in [-0.2, -0.15) is 5.10 Å². The van der Waals surface area contributed by atoms with Gasteiger partial charge in [-0.25, -0.2) is 5.43 Å². The van der Waals surface area contributed by atoms with Crippen molar-refractivity contribution in [1.29, 1.82) is 0 Å². The van der Waals surface area contributed by atoms with Crippen LogP contribution in [-0.2, 0) is 9.59 Å². The van der Waals surface area contributed by atoms with Crippen LogP contribution in [0.4, 0.5) is 5.69 Å². The van der Waals surface area contributed by atoms with E-state index in [9.17, 15) is 14.7 Å². The maximum absolute atomic E-state index is 11.9. The summed E-state index contributed by atoms with van der Waals surface area (Å²) < 4.78 is 0.751. The lowest BCUT2D eigenvalue weighted by molar-refractivity contribution is -0.136. The van der Waals surface area contributed by atoms with Crippen LogP contribution in [0.1, 0.15) is 16.7 Å². The molecule has 0 atom stereocenters. The van der Waals surface area contributed by atoms with E-state index in [0.29, 0.717) is 11.3 Å². The Balaban J connectivity index is 1.97. The normalized spacial score (nSPS) is 10.6. The summed E-state index contributed by atoms with van der Waals surface area (Å²) in [7, 11) is 0. The van der Waals surface area contributed by atoms with Gasteiger partial charge in [0.25, 0.3) is 0 Å². The molecular formula is C17H16BrN3O3. The van der Waals surface area contributed by atoms with Crippen LogP contribution in [0.5, 0.6) is 5.75 Å². The predicted molar refractivity (Wildman–Crippen MR) is 96.1 cm³/mol. The van der Waals surface area contributed by atoms with Gasteiger partial charge in [-0.15, -0.1) is 0 Å². The lowest BCUT2D eigenvalue weighted by Crippen LogP contribution is -2.32. The van der Waals surface area contributed by atoms with Crippen LogP contribution in [0.2, 0.25) is 0 Å². The molecule has 24 heavy (non-hydrogen) atoms. The minimum absolute atomic E-state index is 0.0101. The van der Waals surface area contributed by atoms with Crippen LogP contribution >= 0.6 is 15.9 Å². The summed E-state index contributed by atoms with van der Waals surface area (Å²) in [4.78, 5) is 23.6. The highest BCUT2D eigenvalue weighted by Gasteiger charge is 2.14. The van der Waals surface area contributed by atoms with Crippen molar-refractivity contribution in [2.75, 3.05) is 5.32 Å². The number of carbonyl (C=O) groups excluding carboxylic acids is 2. The van der Waals surface area contributed by atoms with Gasteiger partial charge >= 0.3 is 11.8 Å². The molecule has 6 nitrogen and oxygen atoms in total. The molecule has 0 unspecified atom stereocenters. The molecule has 0 heterocycles. The average Bonchev–Trinajstić information content (AvgIpc) is 2.53. The SMILES string of the molecule is Cc1ccc(NC(=O)C(=O)N/N=C/c2cc(Br)ccc2O)c(C)c1. The zero-order valence-corrected chi connectivity index (χ0v) is 14.7. The van der Waals surface area contributed by atoms with Crippen LogP contribution in [0.25, 0.3) is 0 Å². The predicted octanol–water partition coefficient (Wildman–Crippen LogP) is 2.86. The molecule has 0 radical (unpaired) electrons. The molecule has 0 aliphatic heterocycles. The molecule has 0 spiro atoms. The number of phenolic OH excluding ortho intramolecular Hbond substituents is 1. The van der Waals surface area contributed by atoms with E-state index in [1.807, 2.05) is 26.0 Å². The number of hydrogen-bond donors (Lipinski definition) is 3. The van der Waals surface area contributed by atoms with Gasteiger partial charge in [0.05, 0.1) is 6.21 Å². The highest BCUT2D eigenvalue weighted by molar-refractivity contribution is 9.10. The number of halogens is 1. The van der Waals surface area contributed by atoms with Crippen molar-refractivity contribution < 1.29 is 14.7 Å². The zero-order valence-electron chi connectivity index (χ0n) is 13.1. The maximum atomic E-state index is 11.9. The highest BCUT2D eigenvalue weighted by atomic mass is 79.9. The van der Waals surface area contributed by atoms with Gasteiger partial charge in [-0.1, -0.05) is 33.6 Å². The van der Waals surface area contributed by atoms with E-state index in [4.69, 9.17) is 0 Å². The fourth-order valence-electron chi connectivity index (χ4n) is 1.97. The Labute approximate surface area is 147 Å². The van der Waals surface area contributed by atoms with Crippen LogP contribution in [0.15, 0.2) is 46.0 Å². The standard InChI is InChI=1S/C17H16BrN3O3/c1-10-3-5-14(11(2)7-10)20-16(23)17(24)21-19-9-12-8-13(18)4-6-15(12)22/h3-9,22H,1-2H3,(H,20,23)(H,21,24)/b19-9+. The molecule has 2 aromatic carbocycles. The second kappa shape index (κ2) is 7.74. The van der Waals surface area contributed by atoms with Crippen LogP contribution in [0, 0.1) is 13.8 Å². The number of nitrogens with one attached hydrogen (secondary N) is 2. The monoisotopic (exact) mass is 389 g/mol.